The topological polar surface area (TPSA) is 129 Å². The molecule has 11 heteroatoms. The number of nitrogens with two attached hydrogens (primary N) is 1. The Morgan fingerprint density at radius 1 is 1.21 bits per heavy atom. The summed E-state index contributed by atoms with van der Waals surface area (Å²) >= 11 is 0. The second-order valence-corrected chi connectivity index (χ2v) is 9.14. The number of nitriles is 1. The number of pyridine rings is 1. The van der Waals surface area contributed by atoms with Gasteiger partial charge in [0.15, 0.2) is 0 Å². The molecule has 1 aromatic heterocycles. The molecule has 0 fully saturated rings. The van der Waals surface area contributed by atoms with Crippen LogP contribution in [0.3, 0.4) is 0 Å². The quantitative estimate of drug-likeness (QED) is 0.385. The van der Waals surface area contributed by atoms with Crippen LogP contribution in [0, 0.1) is 23.1 Å². The predicted octanol–water partition coefficient (Wildman–Crippen LogP) is 5.20. The fourth-order valence-corrected chi connectivity index (χ4v) is 4.61. The van der Waals surface area contributed by atoms with Gasteiger partial charge >= 0.3 is 6.18 Å². The summed E-state index contributed by atoms with van der Waals surface area (Å²) in [5, 5.41) is 21.9. The van der Waals surface area contributed by atoms with E-state index in [1.807, 2.05) is 6.07 Å². The van der Waals surface area contributed by atoms with E-state index in [1.165, 1.54) is 31.2 Å². The highest BCUT2D eigenvalue weighted by Gasteiger charge is 2.39. The van der Waals surface area contributed by atoms with Gasteiger partial charge in [0.2, 0.25) is 0 Å². The van der Waals surface area contributed by atoms with Crippen LogP contribution in [0.2, 0.25) is 0 Å². The number of hydrogen-bond donors (Lipinski definition) is 3. The molecule has 4 rings (SSSR count). The van der Waals surface area contributed by atoms with Crippen molar-refractivity contribution < 1.29 is 32.3 Å². The van der Waals surface area contributed by atoms with E-state index in [4.69, 9.17) is 11.0 Å². The minimum absolute atomic E-state index is 0.0521. The molecule has 0 bridgehead atoms. The number of benzene rings is 2. The molecule has 1 unspecified atom stereocenters. The van der Waals surface area contributed by atoms with Crippen LogP contribution in [-0.4, -0.2) is 28.1 Å². The van der Waals surface area contributed by atoms with Crippen molar-refractivity contribution in [1.29, 1.82) is 5.26 Å². The third-order valence-corrected chi connectivity index (χ3v) is 6.63. The Morgan fingerprint density at radius 2 is 1.95 bits per heavy atom. The average molecular weight is 539 g/mol. The third kappa shape index (κ3) is 5.75. The van der Waals surface area contributed by atoms with Crippen molar-refractivity contribution in [2.75, 3.05) is 0 Å². The van der Waals surface area contributed by atoms with Crippen molar-refractivity contribution in [3.8, 4) is 11.8 Å². The molecule has 0 saturated carbocycles. The molecule has 3 aromatic rings. The van der Waals surface area contributed by atoms with Gasteiger partial charge in [-0.25, -0.2) is 9.37 Å². The summed E-state index contributed by atoms with van der Waals surface area (Å²) in [6.45, 7) is 1.47. The lowest BCUT2D eigenvalue weighted by Crippen LogP contribution is -2.30. The number of nitrogens with zero attached hydrogens (tertiary/aromatic N) is 2. The van der Waals surface area contributed by atoms with Crippen LogP contribution in [0.1, 0.15) is 51.7 Å². The first-order valence-corrected chi connectivity index (χ1v) is 11.8. The van der Waals surface area contributed by atoms with E-state index in [0.29, 0.717) is 12.0 Å². The van der Waals surface area contributed by atoms with Crippen molar-refractivity contribution in [3.05, 3.63) is 93.6 Å². The van der Waals surface area contributed by atoms with E-state index < -0.39 is 41.0 Å². The maximum absolute atomic E-state index is 14.1. The fourth-order valence-electron chi connectivity index (χ4n) is 4.61. The Morgan fingerprint density at radius 3 is 2.59 bits per heavy atom. The van der Waals surface area contributed by atoms with Crippen molar-refractivity contribution in [1.82, 2.24) is 10.3 Å². The van der Waals surface area contributed by atoms with Gasteiger partial charge in [-0.15, -0.1) is 0 Å². The lowest BCUT2D eigenvalue weighted by atomic mass is 9.87. The minimum atomic E-state index is -4.79. The normalized spacial score (nSPS) is 15.9. The SMILES string of the molecule is CC1=C(NC(=O)c2cc(C(N)=O)nc3cc(F)ccc23)C(C(F)(F)F)=CCCC1Cc1ccc(C#N)cc1O. The lowest BCUT2D eigenvalue weighted by molar-refractivity contribution is -0.0900. The fraction of sp³-hybridized carbons (Fsp3) is 0.214. The summed E-state index contributed by atoms with van der Waals surface area (Å²) in [6, 6.07) is 10.6. The summed E-state index contributed by atoms with van der Waals surface area (Å²) < 4.78 is 56.2. The first-order chi connectivity index (χ1) is 18.4. The Kier molecular flexibility index (Phi) is 7.40. The first kappa shape index (κ1) is 27.3. The highest BCUT2D eigenvalue weighted by atomic mass is 19.4. The highest BCUT2D eigenvalue weighted by molar-refractivity contribution is 6.09. The molecule has 0 saturated heterocycles. The van der Waals surface area contributed by atoms with Crippen LogP contribution in [-0.2, 0) is 6.42 Å². The molecule has 2 amide bonds. The van der Waals surface area contributed by atoms with E-state index in [-0.39, 0.29) is 51.9 Å². The molecule has 1 atom stereocenters. The van der Waals surface area contributed by atoms with Crippen LogP contribution in [0.15, 0.2) is 65.4 Å². The molecule has 200 valence electrons. The number of alkyl halides is 3. The summed E-state index contributed by atoms with van der Waals surface area (Å²) in [6.07, 6.45) is -3.28. The number of allylic oxidation sites excluding steroid dienone is 3. The number of hydrogen-bond acceptors (Lipinski definition) is 5. The van der Waals surface area contributed by atoms with E-state index in [0.717, 1.165) is 24.3 Å². The molecule has 4 N–H and O–H groups in total. The van der Waals surface area contributed by atoms with Crippen molar-refractivity contribution in [2.24, 2.45) is 11.7 Å². The minimum Gasteiger partial charge on any atom is -0.508 e. The third-order valence-electron chi connectivity index (χ3n) is 6.63. The highest BCUT2D eigenvalue weighted by Crippen LogP contribution is 2.39. The number of primary amides is 1. The average Bonchev–Trinajstić information content (AvgIpc) is 3.02. The Labute approximate surface area is 220 Å². The molecule has 1 aliphatic carbocycles. The summed E-state index contributed by atoms with van der Waals surface area (Å²) in [5.74, 6) is -3.32. The van der Waals surface area contributed by atoms with E-state index in [2.05, 4.69) is 10.3 Å². The number of nitrogens with one attached hydrogen (secondary N) is 1. The van der Waals surface area contributed by atoms with E-state index in [9.17, 15) is 32.3 Å². The van der Waals surface area contributed by atoms with Gasteiger partial charge in [-0.05, 0) is 73.6 Å². The smallest absolute Gasteiger partial charge is 0.418 e. The van der Waals surface area contributed by atoms with E-state index in [1.54, 1.807) is 0 Å². The number of aromatic nitrogens is 1. The molecule has 2 aromatic carbocycles. The number of amides is 2. The van der Waals surface area contributed by atoms with Gasteiger partial charge in [0.05, 0.1) is 34.0 Å². The largest absolute Gasteiger partial charge is 0.508 e. The summed E-state index contributed by atoms with van der Waals surface area (Å²) in [4.78, 5) is 29.2. The molecule has 7 nitrogen and oxygen atoms in total. The van der Waals surface area contributed by atoms with Crippen molar-refractivity contribution >= 4 is 22.7 Å². The second-order valence-electron chi connectivity index (χ2n) is 9.14. The zero-order valence-electron chi connectivity index (χ0n) is 20.6. The van der Waals surface area contributed by atoms with Crippen LogP contribution < -0.4 is 11.1 Å². The van der Waals surface area contributed by atoms with Crippen molar-refractivity contribution in [3.63, 3.8) is 0 Å². The zero-order chi connectivity index (χ0) is 28.5. The standard InChI is InChI=1S/C28H22F4N4O3/c1-14-16(10-17-6-5-15(13-33)9-24(17)37)3-2-4-21(28(30,31)32)25(14)36-27(39)20-12-23(26(34)38)35-22-11-18(29)7-8-19(20)22/h4-9,11-12,16,37H,2-3,10H2,1H3,(H2,34,38)(H,36,39). The van der Waals surface area contributed by atoms with Gasteiger partial charge in [0.25, 0.3) is 11.8 Å². The molecule has 0 aliphatic heterocycles. The molecule has 1 aliphatic rings. The number of carbonyl (C=O) groups is 2. The van der Waals surface area contributed by atoms with Gasteiger partial charge in [0, 0.05) is 11.5 Å². The van der Waals surface area contributed by atoms with Gasteiger partial charge in [-0.1, -0.05) is 12.1 Å². The Hall–Kier alpha value is -4.72. The second kappa shape index (κ2) is 10.6. The maximum atomic E-state index is 14.1. The van der Waals surface area contributed by atoms with Crippen molar-refractivity contribution in [2.45, 2.75) is 32.4 Å². The van der Waals surface area contributed by atoms with Crippen LogP contribution >= 0.6 is 0 Å². The number of rotatable bonds is 5. The number of carbonyl (C=O) groups excluding carboxylic acids is 2. The number of fused-ring (bicyclic) bond motifs is 1. The monoisotopic (exact) mass is 538 g/mol. The van der Waals surface area contributed by atoms with Gasteiger partial charge in [-0.3, -0.25) is 9.59 Å². The van der Waals surface area contributed by atoms with Crippen LogP contribution in [0.4, 0.5) is 17.6 Å². The number of phenolic OH excluding ortho intramolecular Hbond substituents is 1. The molecule has 39 heavy (non-hydrogen) atoms. The Bertz CT molecular complexity index is 1600. The molecular formula is C28H22F4N4O3. The molecule has 1 heterocycles. The van der Waals surface area contributed by atoms with Gasteiger partial charge < -0.3 is 16.2 Å². The lowest BCUT2D eigenvalue weighted by Gasteiger charge is -2.23. The molecule has 0 radical (unpaired) electrons. The number of phenols is 1. The van der Waals surface area contributed by atoms with Gasteiger partial charge in [-0.2, -0.15) is 18.4 Å². The summed E-state index contributed by atoms with van der Waals surface area (Å²) in [5.41, 5.74) is 4.10. The van der Waals surface area contributed by atoms with E-state index >= 15 is 0 Å². The summed E-state index contributed by atoms with van der Waals surface area (Å²) in [7, 11) is 0. The Balaban J connectivity index is 1.79. The predicted molar refractivity (Wildman–Crippen MR) is 134 cm³/mol. The van der Waals surface area contributed by atoms with Gasteiger partial charge in [0.1, 0.15) is 17.3 Å². The molecule has 0 spiro atoms. The van der Waals surface area contributed by atoms with Crippen LogP contribution in [0.25, 0.3) is 10.9 Å². The number of halogens is 4. The zero-order valence-corrected chi connectivity index (χ0v) is 20.6. The molecular weight excluding hydrogens is 516 g/mol. The first-order valence-electron chi connectivity index (χ1n) is 11.8. The number of aromatic hydroxyl groups is 1. The van der Waals surface area contributed by atoms with Crippen LogP contribution in [0.5, 0.6) is 5.75 Å². The maximum Gasteiger partial charge on any atom is 0.418 e.